The van der Waals surface area contributed by atoms with Crippen LogP contribution in [0.1, 0.15) is 38.5 Å². The summed E-state index contributed by atoms with van der Waals surface area (Å²) in [4.78, 5) is 28.0. The maximum Gasteiger partial charge on any atom is 0.245 e. The van der Waals surface area contributed by atoms with Gasteiger partial charge in [0.2, 0.25) is 11.8 Å². The van der Waals surface area contributed by atoms with Gasteiger partial charge in [-0.25, -0.2) is 0 Å². The Kier molecular flexibility index (Phi) is 3.25. The molecule has 19 heavy (non-hydrogen) atoms. The van der Waals surface area contributed by atoms with Crippen molar-refractivity contribution in [2.24, 2.45) is 0 Å². The first kappa shape index (κ1) is 12.9. The number of carbonyl (C=O) groups excluding carboxylic acids is 2. The Labute approximate surface area is 114 Å². The molecule has 0 aromatic carbocycles. The molecule has 2 amide bonds. The fourth-order valence-electron chi connectivity index (χ4n) is 3.92. The lowest BCUT2D eigenvalue weighted by Crippen LogP contribution is -2.52. The molecule has 106 valence electrons. The van der Waals surface area contributed by atoms with E-state index in [0.717, 1.165) is 12.8 Å². The molecular weight excluding hydrogens is 242 g/mol. The first-order valence-electron chi connectivity index (χ1n) is 7.34. The van der Waals surface area contributed by atoms with Gasteiger partial charge in [0.05, 0.1) is 0 Å². The molecule has 2 bridgehead atoms. The van der Waals surface area contributed by atoms with E-state index in [1.165, 1.54) is 12.8 Å². The van der Waals surface area contributed by atoms with Gasteiger partial charge < -0.3 is 15.1 Å². The van der Waals surface area contributed by atoms with Crippen LogP contribution in [0.3, 0.4) is 0 Å². The van der Waals surface area contributed by atoms with Gasteiger partial charge in [-0.3, -0.25) is 9.59 Å². The molecule has 3 aliphatic heterocycles. The summed E-state index contributed by atoms with van der Waals surface area (Å²) in [5.74, 6) is 0.106. The molecule has 0 spiro atoms. The lowest BCUT2D eigenvalue weighted by Gasteiger charge is -2.41. The molecule has 3 heterocycles. The van der Waals surface area contributed by atoms with E-state index in [1.807, 2.05) is 11.9 Å². The van der Waals surface area contributed by atoms with Crippen LogP contribution in [0.4, 0.5) is 0 Å². The highest BCUT2D eigenvalue weighted by Gasteiger charge is 2.41. The largest absolute Gasteiger partial charge is 0.344 e. The highest BCUT2D eigenvalue weighted by molar-refractivity contribution is 5.90. The van der Waals surface area contributed by atoms with Crippen LogP contribution in [0.2, 0.25) is 0 Å². The third kappa shape index (κ3) is 2.24. The predicted octanol–water partition coefficient (Wildman–Crippen LogP) is 0.349. The second-order valence-corrected chi connectivity index (χ2v) is 6.28. The summed E-state index contributed by atoms with van der Waals surface area (Å²) in [6, 6.07) is 1.34. The zero-order chi connectivity index (χ0) is 13.6. The van der Waals surface area contributed by atoms with Gasteiger partial charge in [0.1, 0.15) is 6.04 Å². The zero-order valence-electron chi connectivity index (χ0n) is 11.8. The summed E-state index contributed by atoms with van der Waals surface area (Å²) in [5, 5.41) is 2.78. The molecule has 0 radical (unpaired) electrons. The molecule has 3 saturated heterocycles. The molecule has 5 heteroatoms. The minimum atomic E-state index is -0.283. The Balaban J connectivity index is 1.63. The van der Waals surface area contributed by atoms with Crippen LogP contribution in [0.5, 0.6) is 0 Å². The van der Waals surface area contributed by atoms with Gasteiger partial charge in [-0.2, -0.15) is 0 Å². The lowest BCUT2D eigenvalue weighted by molar-refractivity contribution is -0.136. The Morgan fingerprint density at radius 2 is 1.89 bits per heavy atom. The number of piperidine rings is 1. The van der Waals surface area contributed by atoms with Crippen molar-refractivity contribution < 1.29 is 9.59 Å². The maximum atomic E-state index is 12.4. The van der Waals surface area contributed by atoms with Gasteiger partial charge in [-0.1, -0.05) is 0 Å². The molecule has 0 aromatic rings. The van der Waals surface area contributed by atoms with E-state index in [-0.39, 0.29) is 17.9 Å². The molecular formula is C14H23N3O2. The SMILES string of the molecule is CN(C(=O)[C@H]1CCC(=O)N1)C1CC2CCC(C1)N2C. The number of hydrogen-bond donors (Lipinski definition) is 1. The average Bonchev–Trinajstić information content (AvgIpc) is 2.88. The summed E-state index contributed by atoms with van der Waals surface area (Å²) in [6.07, 6.45) is 5.83. The van der Waals surface area contributed by atoms with Crippen molar-refractivity contribution in [3.8, 4) is 0 Å². The molecule has 3 rings (SSSR count). The second kappa shape index (κ2) is 4.78. The summed E-state index contributed by atoms with van der Waals surface area (Å²) >= 11 is 0. The van der Waals surface area contributed by atoms with Crippen molar-refractivity contribution in [3.05, 3.63) is 0 Å². The first-order chi connectivity index (χ1) is 9.06. The normalized spacial score (nSPS) is 38.3. The molecule has 0 saturated carbocycles. The van der Waals surface area contributed by atoms with Crippen LogP contribution >= 0.6 is 0 Å². The van der Waals surface area contributed by atoms with Crippen molar-refractivity contribution in [1.29, 1.82) is 0 Å². The Hall–Kier alpha value is -1.10. The molecule has 1 N–H and O–H groups in total. The molecule has 3 aliphatic rings. The molecule has 2 unspecified atom stereocenters. The second-order valence-electron chi connectivity index (χ2n) is 6.28. The van der Waals surface area contributed by atoms with E-state index in [4.69, 9.17) is 0 Å². The van der Waals surface area contributed by atoms with Gasteiger partial charge in [0.15, 0.2) is 0 Å². The van der Waals surface area contributed by atoms with Crippen LogP contribution in [0.25, 0.3) is 0 Å². The fraction of sp³-hybridized carbons (Fsp3) is 0.857. The van der Waals surface area contributed by atoms with Crippen LogP contribution in [-0.4, -0.2) is 59.9 Å². The zero-order valence-corrected chi connectivity index (χ0v) is 11.8. The van der Waals surface area contributed by atoms with E-state index in [9.17, 15) is 9.59 Å². The standard InChI is InChI=1S/C14H23N3O2/c1-16-9-3-4-10(16)8-11(7-9)17(2)14(19)12-5-6-13(18)15-12/h9-12H,3-8H2,1-2H3,(H,15,18)/t9?,10?,11?,12-/m1/s1. The van der Waals surface area contributed by atoms with Gasteiger partial charge in [0, 0.05) is 31.6 Å². The summed E-state index contributed by atoms with van der Waals surface area (Å²) in [6.45, 7) is 0. The summed E-state index contributed by atoms with van der Waals surface area (Å²) < 4.78 is 0. The maximum absolute atomic E-state index is 12.4. The topological polar surface area (TPSA) is 52.7 Å². The number of nitrogens with zero attached hydrogens (tertiary/aromatic N) is 2. The third-order valence-electron chi connectivity index (χ3n) is 5.26. The summed E-state index contributed by atoms with van der Waals surface area (Å²) in [7, 11) is 4.11. The smallest absolute Gasteiger partial charge is 0.245 e. The summed E-state index contributed by atoms with van der Waals surface area (Å²) in [5.41, 5.74) is 0. The van der Waals surface area contributed by atoms with Crippen LogP contribution < -0.4 is 5.32 Å². The van der Waals surface area contributed by atoms with Crippen molar-refractivity contribution in [2.45, 2.75) is 62.7 Å². The minimum Gasteiger partial charge on any atom is -0.344 e. The van der Waals surface area contributed by atoms with Crippen LogP contribution in [-0.2, 0) is 9.59 Å². The van der Waals surface area contributed by atoms with Crippen LogP contribution in [0.15, 0.2) is 0 Å². The van der Waals surface area contributed by atoms with Crippen molar-refractivity contribution >= 4 is 11.8 Å². The first-order valence-corrected chi connectivity index (χ1v) is 7.34. The average molecular weight is 265 g/mol. The van der Waals surface area contributed by atoms with Crippen molar-refractivity contribution in [3.63, 3.8) is 0 Å². The fourth-order valence-corrected chi connectivity index (χ4v) is 3.92. The molecule has 0 aliphatic carbocycles. The Morgan fingerprint density at radius 3 is 2.42 bits per heavy atom. The molecule has 5 nitrogen and oxygen atoms in total. The number of likely N-dealkylation sites (N-methyl/N-ethyl adjacent to an activating group) is 1. The molecule has 0 aromatic heterocycles. The monoisotopic (exact) mass is 265 g/mol. The van der Waals surface area contributed by atoms with E-state index in [1.54, 1.807) is 0 Å². The molecule has 3 atom stereocenters. The third-order valence-corrected chi connectivity index (χ3v) is 5.26. The minimum absolute atomic E-state index is 0.00944. The van der Waals surface area contributed by atoms with Gasteiger partial charge in [-0.15, -0.1) is 0 Å². The van der Waals surface area contributed by atoms with Gasteiger partial charge in [0.25, 0.3) is 0 Å². The van der Waals surface area contributed by atoms with Crippen LogP contribution in [0, 0.1) is 0 Å². The number of rotatable bonds is 2. The van der Waals surface area contributed by atoms with Gasteiger partial charge in [-0.05, 0) is 39.2 Å². The quantitative estimate of drug-likeness (QED) is 0.784. The highest BCUT2D eigenvalue weighted by atomic mass is 16.2. The Morgan fingerprint density at radius 1 is 1.26 bits per heavy atom. The predicted molar refractivity (Wildman–Crippen MR) is 71.5 cm³/mol. The van der Waals surface area contributed by atoms with E-state index >= 15 is 0 Å². The number of fused-ring (bicyclic) bond motifs is 2. The van der Waals surface area contributed by atoms with E-state index < -0.39 is 0 Å². The lowest BCUT2D eigenvalue weighted by atomic mass is 9.96. The van der Waals surface area contributed by atoms with E-state index in [2.05, 4.69) is 17.3 Å². The van der Waals surface area contributed by atoms with Crippen molar-refractivity contribution in [2.75, 3.05) is 14.1 Å². The number of nitrogens with one attached hydrogen (secondary N) is 1. The molecule has 3 fully saturated rings. The van der Waals surface area contributed by atoms with Gasteiger partial charge >= 0.3 is 0 Å². The number of hydrogen-bond acceptors (Lipinski definition) is 3. The Bertz CT molecular complexity index is 384. The van der Waals surface area contributed by atoms with Crippen molar-refractivity contribution in [1.82, 2.24) is 15.1 Å². The number of carbonyl (C=O) groups is 2. The number of amides is 2. The van der Waals surface area contributed by atoms with E-state index in [0.29, 0.717) is 31.0 Å². The highest BCUT2D eigenvalue weighted by Crippen LogP contribution is 2.36.